The van der Waals surface area contributed by atoms with Gasteiger partial charge in [-0.25, -0.2) is 4.68 Å². The number of aliphatic carboxylic acids is 1. The highest BCUT2D eigenvalue weighted by atomic mass is 16.5. The lowest BCUT2D eigenvalue weighted by atomic mass is 10.2. The number of hydrogen-bond donors (Lipinski definition) is 2. The van der Waals surface area contributed by atoms with Gasteiger partial charge >= 0.3 is 5.97 Å². The van der Waals surface area contributed by atoms with Gasteiger partial charge in [-0.3, -0.25) is 4.79 Å². The van der Waals surface area contributed by atoms with E-state index in [2.05, 4.69) is 5.10 Å². The molecule has 0 spiro atoms. The SMILES string of the molecule is COc1c(CCC(=O)O)cnn1Cc1ccc(O)cc1. The zero-order valence-electron chi connectivity index (χ0n) is 11.1. The van der Waals surface area contributed by atoms with E-state index in [0.29, 0.717) is 18.8 Å². The quantitative estimate of drug-likeness (QED) is 0.838. The van der Waals surface area contributed by atoms with Crippen LogP contribution >= 0.6 is 0 Å². The summed E-state index contributed by atoms with van der Waals surface area (Å²) < 4.78 is 6.97. The number of aromatic nitrogens is 2. The normalized spacial score (nSPS) is 10.4. The van der Waals surface area contributed by atoms with E-state index in [1.165, 1.54) is 7.11 Å². The zero-order chi connectivity index (χ0) is 14.5. The molecule has 2 N–H and O–H groups in total. The minimum Gasteiger partial charge on any atom is -0.508 e. The largest absolute Gasteiger partial charge is 0.508 e. The second kappa shape index (κ2) is 6.10. The zero-order valence-corrected chi connectivity index (χ0v) is 11.1. The van der Waals surface area contributed by atoms with Crippen LogP contribution < -0.4 is 4.74 Å². The lowest BCUT2D eigenvalue weighted by molar-refractivity contribution is -0.136. The predicted molar refractivity (Wildman–Crippen MR) is 71.9 cm³/mol. The topological polar surface area (TPSA) is 84.6 Å². The predicted octanol–water partition coefficient (Wildman–Crippen LogP) is 1.66. The van der Waals surface area contributed by atoms with Gasteiger partial charge in [-0.05, 0) is 24.1 Å². The van der Waals surface area contributed by atoms with Crippen molar-refractivity contribution in [3.63, 3.8) is 0 Å². The number of carboxylic acids is 1. The molecule has 0 aliphatic rings. The highest BCUT2D eigenvalue weighted by Gasteiger charge is 2.12. The summed E-state index contributed by atoms with van der Waals surface area (Å²) in [6.45, 7) is 0.497. The van der Waals surface area contributed by atoms with Gasteiger partial charge in [0, 0.05) is 12.0 Å². The van der Waals surface area contributed by atoms with E-state index in [9.17, 15) is 9.90 Å². The standard InChI is InChI=1S/C14H16N2O4/c1-20-14-11(4-7-13(18)19)8-15-16(14)9-10-2-5-12(17)6-3-10/h2-3,5-6,8,17H,4,7,9H2,1H3,(H,18,19). The third kappa shape index (κ3) is 3.28. The number of rotatable bonds is 6. The van der Waals surface area contributed by atoms with E-state index in [1.54, 1.807) is 35.1 Å². The molecule has 20 heavy (non-hydrogen) atoms. The smallest absolute Gasteiger partial charge is 0.303 e. The number of benzene rings is 1. The molecule has 106 valence electrons. The number of methoxy groups -OCH3 is 1. The molecule has 1 aromatic carbocycles. The van der Waals surface area contributed by atoms with Crippen LogP contribution in [0.3, 0.4) is 0 Å². The van der Waals surface area contributed by atoms with E-state index in [4.69, 9.17) is 9.84 Å². The van der Waals surface area contributed by atoms with Crippen LogP contribution in [0.1, 0.15) is 17.5 Å². The Morgan fingerprint density at radius 1 is 1.35 bits per heavy atom. The van der Waals surface area contributed by atoms with Crippen LogP contribution in [0.2, 0.25) is 0 Å². The molecule has 0 atom stereocenters. The van der Waals surface area contributed by atoms with Crippen molar-refractivity contribution in [1.29, 1.82) is 0 Å². The summed E-state index contributed by atoms with van der Waals surface area (Å²) in [6.07, 6.45) is 2.05. The molecular formula is C14H16N2O4. The number of nitrogens with zero attached hydrogens (tertiary/aromatic N) is 2. The van der Waals surface area contributed by atoms with Crippen molar-refractivity contribution in [2.24, 2.45) is 0 Å². The third-order valence-electron chi connectivity index (χ3n) is 2.93. The van der Waals surface area contributed by atoms with Gasteiger partial charge in [0.2, 0.25) is 5.88 Å². The maximum absolute atomic E-state index is 10.6. The summed E-state index contributed by atoms with van der Waals surface area (Å²) in [5, 5.41) is 22.2. The Morgan fingerprint density at radius 2 is 2.05 bits per heavy atom. The fourth-order valence-corrected chi connectivity index (χ4v) is 1.95. The summed E-state index contributed by atoms with van der Waals surface area (Å²) >= 11 is 0. The van der Waals surface area contributed by atoms with Gasteiger partial charge in [0.05, 0.1) is 19.9 Å². The second-order valence-electron chi connectivity index (χ2n) is 4.40. The maximum Gasteiger partial charge on any atom is 0.303 e. The second-order valence-corrected chi connectivity index (χ2v) is 4.40. The molecule has 0 unspecified atom stereocenters. The first-order chi connectivity index (χ1) is 9.60. The van der Waals surface area contributed by atoms with E-state index in [1.807, 2.05) is 0 Å². The number of ether oxygens (including phenoxy) is 1. The van der Waals surface area contributed by atoms with Crippen LogP contribution in [-0.4, -0.2) is 33.1 Å². The first kappa shape index (κ1) is 13.9. The average molecular weight is 276 g/mol. The molecule has 0 saturated carbocycles. The van der Waals surface area contributed by atoms with Gasteiger partial charge in [0.15, 0.2) is 0 Å². The van der Waals surface area contributed by atoms with Crippen LogP contribution in [0.5, 0.6) is 11.6 Å². The molecule has 1 aromatic heterocycles. The van der Waals surface area contributed by atoms with Crippen LogP contribution in [0.4, 0.5) is 0 Å². The van der Waals surface area contributed by atoms with E-state index in [-0.39, 0.29) is 12.2 Å². The minimum absolute atomic E-state index is 0.0429. The Kier molecular flexibility index (Phi) is 4.24. The minimum atomic E-state index is -0.849. The number of hydrogen-bond acceptors (Lipinski definition) is 4. The number of carbonyl (C=O) groups is 1. The van der Waals surface area contributed by atoms with Crippen molar-refractivity contribution in [3.8, 4) is 11.6 Å². The van der Waals surface area contributed by atoms with Crippen molar-refractivity contribution in [2.45, 2.75) is 19.4 Å². The summed E-state index contributed by atoms with van der Waals surface area (Å²) in [7, 11) is 1.54. The number of phenolic OH excluding ortho intramolecular Hbond substituents is 1. The highest BCUT2D eigenvalue weighted by molar-refractivity contribution is 5.67. The van der Waals surface area contributed by atoms with Crippen molar-refractivity contribution in [1.82, 2.24) is 9.78 Å². The average Bonchev–Trinajstić information content (AvgIpc) is 2.81. The molecule has 0 aliphatic carbocycles. The molecule has 0 radical (unpaired) electrons. The molecule has 6 heteroatoms. The van der Waals surface area contributed by atoms with Crippen LogP contribution in [0.25, 0.3) is 0 Å². The Bertz CT molecular complexity index is 590. The molecule has 2 rings (SSSR count). The first-order valence-electron chi connectivity index (χ1n) is 6.18. The van der Waals surface area contributed by atoms with Crippen molar-refractivity contribution in [3.05, 3.63) is 41.6 Å². The summed E-state index contributed by atoms with van der Waals surface area (Å²) in [4.78, 5) is 10.6. The number of phenols is 1. The lowest BCUT2D eigenvalue weighted by Crippen LogP contribution is -2.05. The maximum atomic E-state index is 10.6. The molecule has 0 bridgehead atoms. The van der Waals surface area contributed by atoms with Gasteiger partial charge in [-0.2, -0.15) is 5.10 Å². The number of aryl methyl sites for hydroxylation is 1. The molecule has 0 aliphatic heterocycles. The van der Waals surface area contributed by atoms with Gasteiger partial charge < -0.3 is 14.9 Å². The molecule has 6 nitrogen and oxygen atoms in total. The summed E-state index contributed by atoms with van der Waals surface area (Å²) in [6, 6.07) is 6.81. The van der Waals surface area contributed by atoms with Crippen molar-refractivity contribution >= 4 is 5.97 Å². The Hall–Kier alpha value is -2.50. The molecular weight excluding hydrogens is 260 g/mol. The van der Waals surface area contributed by atoms with E-state index < -0.39 is 5.97 Å². The van der Waals surface area contributed by atoms with E-state index in [0.717, 1.165) is 11.1 Å². The van der Waals surface area contributed by atoms with Crippen molar-refractivity contribution in [2.75, 3.05) is 7.11 Å². The Morgan fingerprint density at radius 3 is 2.65 bits per heavy atom. The molecule has 1 heterocycles. The van der Waals surface area contributed by atoms with Crippen LogP contribution in [0.15, 0.2) is 30.5 Å². The third-order valence-corrected chi connectivity index (χ3v) is 2.93. The highest BCUT2D eigenvalue weighted by Crippen LogP contribution is 2.21. The Balaban J connectivity index is 2.15. The monoisotopic (exact) mass is 276 g/mol. The van der Waals surface area contributed by atoms with Gasteiger partial charge in [0.25, 0.3) is 0 Å². The Labute approximate surface area is 116 Å². The molecule has 0 fully saturated rings. The van der Waals surface area contributed by atoms with Gasteiger partial charge in [0.1, 0.15) is 5.75 Å². The van der Waals surface area contributed by atoms with Crippen molar-refractivity contribution < 1.29 is 19.7 Å². The van der Waals surface area contributed by atoms with E-state index >= 15 is 0 Å². The number of carboxylic acid groups (broad SMARTS) is 1. The summed E-state index contributed by atoms with van der Waals surface area (Å²) in [5.41, 5.74) is 1.74. The molecule has 2 aromatic rings. The molecule has 0 amide bonds. The first-order valence-corrected chi connectivity index (χ1v) is 6.18. The fourth-order valence-electron chi connectivity index (χ4n) is 1.95. The fraction of sp³-hybridized carbons (Fsp3) is 0.286. The van der Waals surface area contributed by atoms with Gasteiger partial charge in [-0.1, -0.05) is 12.1 Å². The van der Waals surface area contributed by atoms with Crippen LogP contribution in [-0.2, 0) is 17.8 Å². The van der Waals surface area contributed by atoms with Crippen LogP contribution in [0, 0.1) is 0 Å². The lowest BCUT2D eigenvalue weighted by Gasteiger charge is -2.08. The molecule has 0 saturated heterocycles. The van der Waals surface area contributed by atoms with Gasteiger partial charge in [-0.15, -0.1) is 0 Å². The summed E-state index contributed by atoms with van der Waals surface area (Å²) in [5.74, 6) is -0.0685. The number of aromatic hydroxyl groups is 1.